The molecule has 0 unspecified atom stereocenters. The molecule has 0 bridgehead atoms. The summed E-state index contributed by atoms with van der Waals surface area (Å²) in [5, 5.41) is 7.07. The minimum atomic E-state index is -3.62. The predicted molar refractivity (Wildman–Crippen MR) is 120 cm³/mol. The molecule has 0 saturated heterocycles. The van der Waals surface area contributed by atoms with Crippen molar-refractivity contribution in [3.8, 4) is 11.5 Å². The van der Waals surface area contributed by atoms with Crippen molar-refractivity contribution in [3.63, 3.8) is 0 Å². The Hall–Kier alpha value is -2.63. The van der Waals surface area contributed by atoms with Gasteiger partial charge in [0.15, 0.2) is 11.5 Å². The van der Waals surface area contributed by atoms with E-state index >= 15 is 0 Å². The molecule has 1 amide bonds. The topological polar surface area (TPSA) is 115 Å². The quantitative estimate of drug-likeness (QED) is 0.459. The summed E-state index contributed by atoms with van der Waals surface area (Å²) in [6.45, 7) is 2.78. The van der Waals surface area contributed by atoms with Gasteiger partial charge < -0.3 is 19.7 Å². The SMILES string of the molecule is CN(C)CCn1cc(NC(=O)CCCCCNS(=O)(=O)c2ccc3c(c2)OCCO3)cn1. The van der Waals surface area contributed by atoms with Crippen LogP contribution >= 0.6 is 0 Å². The number of nitrogens with zero attached hydrogens (tertiary/aromatic N) is 3. The van der Waals surface area contributed by atoms with Gasteiger partial charge in [0.2, 0.25) is 15.9 Å². The van der Waals surface area contributed by atoms with E-state index in [0.717, 1.165) is 19.5 Å². The van der Waals surface area contributed by atoms with Gasteiger partial charge in [-0.2, -0.15) is 5.10 Å². The number of aromatic nitrogens is 2. The van der Waals surface area contributed by atoms with Gasteiger partial charge in [-0.15, -0.1) is 0 Å². The Balaban J connectivity index is 1.33. The minimum Gasteiger partial charge on any atom is -0.486 e. The molecule has 0 aliphatic carbocycles. The first-order chi connectivity index (χ1) is 15.3. The number of ether oxygens (including phenoxy) is 2. The number of unbranched alkanes of at least 4 members (excludes halogenated alkanes) is 2. The zero-order chi connectivity index (χ0) is 23.0. The first kappa shape index (κ1) is 24.0. The average molecular weight is 466 g/mol. The van der Waals surface area contributed by atoms with Gasteiger partial charge in [0.25, 0.3) is 0 Å². The summed E-state index contributed by atoms with van der Waals surface area (Å²) < 4.78 is 40.2. The third-order valence-electron chi connectivity index (χ3n) is 4.89. The zero-order valence-electron chi connectivity index (χ0n) is 18.5. The Bertz CT molecular complexity index is 1010. The van der Waals surface area contributed by atoms with Crippen molar-refractivity contribution in [2.24, 2.45) is 0 Å². The van der Waals surface area contributed by atoms with E-state index in [1.807, 2.05) is 20.3 Å². The van der Waals surface area contributed by atoms with Gasteiger partial charge >= 0.3 is 0 Å². The van der Waals surface area contributed by atoms with E-state index in [4.69, 9.17) is 9.47 Å². The molecule has 1 aliphatic rings. The lowest BCUT2D eigenvalue weighted by molar-refractivity contribution is -0.116. The number of rotatable bonds is 12. The molecule has 0 saturated carbocycles. The molecule has 0 atom stereocenters. The van der Waals surface area contributed by atoms with Crippen LogP contribution in [-0.2, 0) is 21.4 Å². The third kappa shape index (κ3) is 7.21. The monoisotopic (exact) mass is 465 g/mol. The molecule has 0 radical (unpaired) electrons. The highest BCUT2D eigenvalue weighted by atomic mass is 32.2. The maximum Gasteiger partial charge on any atom is 0.240 e. The minimum absolute atomic E-state index is 0.0750. The molecule has 0 spiro atoms. The number of carbonyl (C=O) groups excluding carboxylic acids is 1. The van der Waals surface area contributed by atoms with Crippen molar-refractivity contribution in [1.82, 2.24) is 19.4 Å². The summed E-state index contributed by atoms with van der Waals surface area (Å²) in [7, 11) is 0.368. The number of benzene rings is 1. The Labute approximate surface area is 188 Å². The first-order valence-electron chi connectivity index (χ1n) is 10.7. The van der Waals surface area contributed by atoms with E-state index in [0.29, 0.717) is 56.2 Å². The number of hydrogen-bond acceptors (Lipinski definition) is 7. The largest absolute Gasteiger partial charge is 0.486 e. The zero-order valence-corrected chi connectivity index (χ0v) is 19.4. The summed E-state index contributed by atoms with van der Waals surface area (Å²) in [4.78, 5) is 14.3. The first-order valence-corrected chi connectivity index (χ1v) is 12.2. The molecule has 176 valence electrons. The molecule has 1 aromatic carbocycles. The van der Waals surface area contributed by atoms with Gasteiger partial charge in [-0.3, -0.25) is 9.48 Å². The van der Waals surface area contributed by atoms with Crippen molar-refractivity contribution >= 4 is 21.6 Å². The number of fused-ring (bicyclic) bond motifs is 1. The number of nitrogens with one attached hydrogen (secondary N) is 2. The highest BCUT2D eigenvalue weighted by Crippen LogP contribution is 2.32. The fourth-order valence-electron chi connectivity index (χ4n) is 3.14. The maximum absolute atomic E-state index is 12.5. The molecule has 10 nitrogen and oxygen atoms in total. The number of anilines is 1. The van der Waals surface area contributed by atoms with Gasteiger partial charge in [-0.25, -0.2) is 13.1 Å². The second-order valence-corrected chi connectivity index (χ2v) is 9.62. The lowest BCUT2D eigenvalue weighted by Gasteiger charge is -2.18. The number of sulfonamides is 1. The maximum atomic E-state index is 12.5. The molecule has 0 fully saturated rings. The van der Waals surface area contributed by atoms with E-state index in [1.165, 1.54) is 12.1 Å². The van der Waals surface area contributed by atoms with E-state index in [-0.39, 0.29) is 10.8 Å². The summed E-state index contributed by atoms with van der Waals surface area (Å²) >= 11 is 0. The number of amides is 1. The summed E-state index contributed by atoms with van der Waals surface area (Å²) in [6, 6.07) is 4.58. The molecular formula is C21H31N5O5S. The standard InChI is InChI=1S/C21H31N5O5S/c1-25(2)10-11-26-16-17(15-22-26)24-21(27)6-4-3-5-9-23-32(28,29)18-7-8-19-20(14-18)31-13-12-30-19/h7-8,14-16,23H,3-6,9-13H2,1-2H3,(H,24,27). The van der Waals surface area contributed by atoms with Gasteiger partial charge in [0, 0.05) is 31.8 Å². The van der Waals surface area contributed by atoms with Crippen LogP contribution in [0.1, 0.15) is 25.7 Å². The molecule has 2 N–H and O–H groups in total. The molecular weight excluding hydrogens is 434 g/mol. The van der Waals surface area contributed by atoms with Crippen LogP contribution in [0.25, 0.3) is 0 Å². The van der Waals surface area contributed by atoms with Crippen LogP contribution in [0.4, 0.5) is 5.69 Å². The fourth-order valence-corrected chi connectivity index (χ4v) is 4.23. The smallest absolute Gasteiger partial charge is 0.240 e. The van der Waals surface area contributed by atoms with E-state index in [9.17, 15) is 13.2 Å². The third-order valence-corrected chi connectivity index (χ3v) is 6.35. The molecule has 11 heteroatoms. The van der Waals surface area contributed by atoms with E-state index < -0.39 is 10.0 Å². The van der Waals surface area contributed by atoms with Crippen LogP contribution in [0.5, 0.6) is 11.5 Å². The van der Waals surface area contributed by atoms with Crippen molar-refractivity contribution in [2.75, 3.05) is 45.7 Å². The summed E-state index contributed by atoms with van der Waals surface area (Å²) in [5.41, 5.74) is 0.681. The number of hydrogen-bond donors (Lipinski definition) is 2. The van der Waals surface area contributed by atoms with Crippen molar-refractivity contribution in [3.05, 3.63) is 30.6 Å². The van der Waals surface area contributed by atoms with Crippen LogP contribution in [0.2, 0.25) is 0 Å². The van der Waals surface area contributed by atoms with Gasteiger partial charge in [-0.1, -0.05) is 6.42 Å². The Morgan fingerprint density at radius 1 is 1.16 bits per heavy atom. The van der Waals surface area contributed by atoms with E-state index in [1.54, 1.807) is 16.9 Å². The summed E-state index contributed by atoms with van der Waals surface area (Å²) in [5.74, 6) is 0.914. The van der Waals surface area contributed by atoms with Crippen LogP contribution in [0.15, 0.2) is 35.5 Å². The predicted octanol–water partition coefficient (Wildman–Crippen LogP) is 1.69. The summed E-state index contributed by atoms with van der Waals surface area (Å²) in [6.07, 6.45) is 5.87. The Morgan fingerprint density at radius 2 is 1.94 bits per heavy atom. The fraction of sp³-hybridized carbons (Fsp3) is 0.524. The van der Waals surface area contributed by atoms with E-state index in [2.05, 4.69) is 20.0 Å². The van der Waals surface area contributed by atoms with Gasteiger partial charge in [0.05, 0.1) is 23.3 Å². The van der Waals surface area contributed by atoms with Crippen LogP contribution in [-0.4, -0.2) is 69.4 Å². The molecule has 1 aliphatic heterocycles. The molecule has 2 aromatic rings. The second-order valence-electron chi connectivity index (χ2n) is 7.86. The number of likely N-dealkylation sites (N-methyl/N-ethyl adjacent to an activating group) is 1. The van der Waals surface area contributed by atoms with Crippen LogP contribution < -0.4 is 19.5 Å². The molecule has 2 heterocycles. The van der Waals surface area contributed by atoms with Crippen molar-refractivity contribution in [2.45, 2.75) is 37.1 Å². The molecule has 3 rings (SSSR count). The number of carbonyl (C=O) groups is 1. The van der Waals surface area contributed by atoms with Crippen LogP contribution in [0, 0.1) is 0 Å². The molecule has 1 aromatic heterocycles. The lowest BCUT2D eigenvalue weighted by Crippen LogP contribution is -2.25. The second kappa shape index (κ2) is 11.3. The van der Waals surface area contributed by atoms with Gasteiger partial charge in [-0.05, 0) is 39.1 Å². The Morgan fingerprint density at radius 3 is 2.72 bits per heavy atom. The normalized spacial score (nSPS) is 13.3. The molecule has 32 heavy (non-hydrogen) atoms. The Kier molecular flexibility index (Phi) is 8.48. The highest BCUT2D eigenvalue weighted by molar-refractivity contribution is 7.89. The highest BCUT2D eigenvalue weighted by Gasteiger charge is 2.19. The van der Waals surface area contributed by atoms with Crippen molar-refractivity contribution in [1.29, 1.82) is 0 Å². The lowest BCUT2D eigenvalue weighted by atomic mass is 10.2. The van der Waals surface area contributed by atoms with Crippen LogP contribution in [0.3, 0.4) is 0 Å². The van der Waals surface area contributed by atoms with Gasteiger partial charge in [0.1, 0.15) is 13.2 Å². The van der Waals surface area contributed by atoms with Crippen molar-refractivity contribution < 1.29 is 22.7 Å². The average Bonchev–Trinajstić information content (AvgIpc) is 3.21.